The third kappa shape index (κ3) is 6.12. The van der Waals surface area contributed by atoms with Gasteiger partial charge < -0.3 is 10.2 Å². The average Bonchev–Trinajstić information content (AvgIpc) is 2.59. The molecule has 5 nitrogen and oxygen atoms in total. The second kappa shape index (κ2) is 9.16. The van der Waals surface area contributed by atoms with Crippen LogP contribution in [0, 0.1) is 0 Å². The van der Waals surface area contributed by atoms with E-state index >= 15 is 0 Å². The molecule has 0 aliphatic rings. The molecule has 0 aliphatic heterocycles. The van der Waals surface area contributed by atoms with Crippen LogP contribution in [0.3, 0.4) is 0 Å². The van der Waals surface area contributed by atoms with Crippen LogP contribution in [-0.4, -0.2) is 34.2 Å². The van der Waals surface area contributed by atoms with Crippen molar-refractivity contribution >= 4 is 27.3 Å². The number of rotatable bonds is 8. The Labute approximate surface area is 159 Å². The Kier molecular flexibility index (Phi) is 7.20. The van der Waals surface area contributed by atoms with Gasteiger partial charge in [-0.05, 0) is 29.8 Å². The largest absolute Gasteiger partial charge is 0.352 e. The molecule has 2 aromatic rings. The monoisotopic (exact) mass is 395 g/mol. The lowest BCUT2D eigenvalue weighted by molar-refractivity contribution is -0.872. The van der Waals surface area contributed by atoms with E-state index in [1.54, 1.807) is 0 Å². The predicted octanol–water partition coefficient (Wildman–Crippen LogP) is 1.46. The van der Waals surface area contributed by atoms with Crippen molar-refractivity contribution in [1.29, 1.82) is 0 Å². The second-order valence-electron chi connectivity index (χ2n) is 6.45. The van der Waals surface area contributed by atoms with E-state index in [0.29, 0.717) is 11.6 Å². The van der Waals surface area contributed by atoms with Crippen LogP contribution < -0.4 is 10.2 Å². The molecular formula is C19H24ClN2O3S+. The van der Waals surface area contributed by atoms with Crippen molar-refractivity contribution in [2.45, 2.75) is 24.4 Å². The van der Waals surface area contributed by atoms with Crippen molar-refractivity contribution in [2.75, 3.05) is 19.8 Å². The fourth-order valence-electron chi connectivity index (χ4n) is 2.55. The molecule has 2 aromatic carbocycles. The Morgan fingerprint density at radius 3 is 2.27 bits per heavy atom. The number of benzene rings is 2. The lowest BCUT2D eigenvalue weighted by atomic mass is 10.1. The number of quaternary nitrogens is 1. The van der Waals surface area contributed by atoms with Crippen LogP contribution in [0.2, 0.25) is 5.02 Å². The van der Waals surface area contributed by atoms with Gasteiger partial charge in [-0.2, -0.15) is 0 Å². The smallest absolute Gasteiger partial charge is 0.221 e. The fraction of sp³-hybridized carbons (Fsp3) is 0.316. The van der Waals surface area contributed by atoms with E-state index in [4.69, 9.17) is 11.6 Å². The minimum Gasteiger partial charge on any atom is -0.352 e. The van der Waals surface area contributed by atoms with Crippen molar-refractivity contribution in [1.82, 2.24) is 5.32 Å². The predicted molar refractivity (Wildman–Crippen MR) is 103 cm³/mol. The minimum atomic E-state index is -3.50. The zero-order valence-electron chi connectivity index (χ0n) is 15.0. The fourth-order valence-corrected chi connectivity index (χ4v) is 3.92. The molecule has 26 heavy (non-hydrogen) atoms. The third-order valence-electron chi connectivity index (χ3n) is 3.91. The minimum absolute atomic E-state index is 0.0773. The van der Waals surface area contributed by atoms with Gasteiger partial charge in [-0.3, -0.25) is 4.79 Å². The molecule has 0 aliphatic carbocycles. The van der Waals surface area contributed by atoms with Crippen LogP contribution in [0.4, 0.5) is 0 Å². The number of carbonyl (C=O) groups excluding carboxylic acids is 1. The molecule has 140 valence electrons. The molecule has 0 aromatic heterocycles. The van der Waals surface area contributed by atoms with E-state index in [-0.39, 0.29) is 23.0 Å². The number of carbonyl (C=O) groups is 1. The van der Waals surface area contributed by atoms with Crippen molar-refractivity contribution < 1.29 is 18.1 Å². The number of hydrogen-bond donors (Lipinski definition) is 2. The van der Waals surface area contributed by atoms with Crippen molar-refractivity contribution in [3.63, 3.8) is 0 Å². The maximum atomic E-state index is 12.3. The van der Waals surface area contributed by atoms with Crippen LogP contribution in [0.25, 0.3) is 0 Å². The summed E-state index contributed by atoms with van der Waals surface area (Å²) in [5.41, 5.74) is 2.21. The quantitative estimate of drug-likeness (QED) is 0.711. The SMILES string of the molecule is C[NH+](C)Cc1ccccc1CNC(=O)CCS(=O)(=O)c1ccc(Cl)cc1. The van der Waals surface area contributed by atoms with Gasteiger partial charge in [0.15, 0.2) is 9.84 Å². The van der Waals surface area contributed by atoms with Gasteiger partial charge in [-0.1, -0.05) is 35.9 Å². The molecule has 0 saturated heterocycles. The van der Waals surface area contributed by atoms with Crippen LogP contribution in [-0.2, 0) is 27.7 Å². The molecule has 0 fully saturated rings. The number of nitrogens with one attached hydrogen (secondary N) is 2. The van der Waals surface area contributed by atoms with Crippen LogP contribution >= 0.6 is 11.6 Å². The molecule has 1 amide bonds. The molecule has 0 unspecified atom stereocenters. The summed E-state index contributed by atoms with van der Waals surface area (Å²) < 4.78 is 24.5. The molecule has 7 heteroatoms. The highest BCUT2D eigenvalue weighted by Gasteiger charge is 2.16. The summed E-state index contributed by atoms with van der Waals surface area (Å²) in [6, 6.07) is 13.9. The maximum Gasteiger partial charge on any atom is 0.221 e. The summed E-state index contributed by atoms with van der Waals surface area (Å²) in [5, 5.41) is 3.28. The Bertz CT molecular complexity index is 849. The summed E-state index contributed by atoms with van der Waals surface area (Å²) in [5.74, 6) is -0.515. The topological polar surface area (TPSA) is 67.7 Å². The highest BCUT2D eigenvalue weighted by Crippen LogP contribution is 2.16. The first-order valence-electron chi connectivity index (χ1n) is 8.39. The third-order valence-corrected chi connectivity index (χ3v) is 5.89. The van der Waals surface area contributed by atoms with Crippen LogP contribution in [0.5, 0.6) is 0 Å². The van der Waals surface area contributed by atoms with E-state index in [2.05, 4.69) is 19.4 Å². The van der Waals surface area contributed by atoms with E-state index in [0.717, 1.165) is 12.1 Å². The lowest BCUT2D eigenvalue weighted by Gasteiger charge is -2.13. The first-order valence-corrected chi connectivity index (χ1v) is 10.4. The lowest BCUT2D eigenvalue weighted by Crippen LogP contribution is -3.04. The highest BCUT2D eigenvalue weighted by molar-refractivity contribution is 7.91. The molecule has 0 spiro atoms. The van der Waals surface area contributed by atoms with E-state index in [9.17, 15) is 13.2 Å². The van der Waals surface area contributed by atoms with Gasteiger partial charge in [-0.25, -0.2) is 8.42 Å². The number of sulfone groups is 1. The van der Waals surface area contributed by atoms with Gasteiger partial charge in [-0.15, -0.1) is 0 Å². The van der Waals surface area contributed by atoms with Crippen molar-refractivity contribution in [3.05, 3.63) is 64.7 Å². The van der Waals surface area contributed by atoms with Gasteiger partial charge in [0.25, 0.3) is 0 Å². The summed E-state index contributed by atoms with van der Waals surface area (Å²) in [4.78, 5) is 13.5. The standard InChI is InChI=1S/C19H23ClN2O3S/c1-22(2)14-16-6-4-3-5-15(16)13-21-19(23)11-12-26(24,25)18-9-7-17(20)8-10-18/h3-10H,11-14H2,1-2H3,(H,21,23)/p+1. The van der Waals surface area contributed by atoms with Crippen molar-refractivity contribution in [2.24, 2.45) is 0 Å². The molecule has 0 heterocycles. The second-order valence-corrected chi connectivity index (χ2v) is 9.00. The Hall–Kier alpha value is -1.89. The zero-order chi connectivity index (χ0) is 19.2. The van der Waals surface area contributed by atoms with Gasteiger partial charge in [0, 0.05) is 23.6 Å². The van der Waals surface area contributed by atoms with E-state index < -0.39 is 9.84 Å². The van der Waals surface area contributed by atoms with E-state index in [1.807, 2.05) is 24.3 Å². The Morgan fingerprint density at radius 1 is 1.04 bits per heavy atom. The molecule has 0 bridgehead atoms. The summed E-state index contributed by atoms with van der Waals surface area (Å²) in [6.07, 6.45) is -0.0773. The maximum absolute atomic E-state index is 12.3. The zero-order valence-corrected chi connectivity index (χ0v) is 16.5. The van der Waals surface area contributed by atoms with Crippen LogP contribution in [0.1, 0.15) is 17.5 Å². The van der Waals surface area contributed by atoms with Gasteiger partial charge in [0.1, 0.15) is 6.54 Å². The average molecular weight is 396 g/mol. The Balaban J connectivity index is 1.91. The molecular weight excluding hydrogens is 372 g/mol. The van der Waals surface area contributed by atoms with Crippen LogP contribution in [0.15, 0.2) is 53.4 Å². The number of hydrogen-bond acceptors (Lipinski definition) is 3. The number of halogens is 1. The number of amides is 1. The highest BCUT2D eigenvalue weighted by atomic mass is 35.5. The summed E-state index contributed by atoms with van der Waals surface area (Å²) >= 11 is 5.77. The van der Waals surface area contributed by atoms with Gasteiger partial charge in [0.2, 0.25) is 5.91 Å². The first-order chi connectivity index (χ1) is 12.3. The molecule has 0 atom stereocenters. The molecule has 0 radical (unpaired) electrons. The van der Waals surface area contributed by atoms with E-state index in [1.165, 1.54) is 34.7 Å². The normalized spacial score (nSPS) is 11.5. The van der Waals surface area contributed by atoms with Crippen molar-refractivity contribution in [3.8, 4) is 0 Å². The summed E-state index contributed by atoms with van der Waals surface area (Å²) in [7, 11) is 0.631. The Morgan fingerprint density at radius 2 is 1.65 bits per heavy atom. The first kappa shape index (κ1) is 20.4. The molecule has 2 N–H and O–H groups in total. The van der Waals surface area contributed by atoms with Gasteiger partial charge >= 0.3 is 0 Å². The molecule has 0 saturated carbocycles. The summed E-state index contributed by atoms with van der Waals surface area (Å²) in [6.45, 7) is 1.25. The molecule has 2 rings (SSSR count). The van der Waals surface area contributed by atoms with Gasteiger partial charge in [0.05, 0.1) is 24.7 Å².